The van der Waals surface area contributed by atoms with Gasteiger partial charge >= 0.3 is 6.09 Å². The molecule has 1 atom stereocenters. The number of likely N-dealkylation sites (tertiary alicyclic amines) is 1. The predicted molar refractivity (Wildman–Crippen MR) is 113 cm³/mol. The molecule has 0 bridgehead atoms. The number of amides is 2. The van der Waals surface area contributed by atoms with Crippen LogP contribution < -0.4 is 10.1 Å². The molecule has 1 aliphatic rings. The number of rotatable bonds is 7. The van der Waals surface area contributed by atoms with Gasteiger partial charge in [-0.25, -0.2) is 4.79 Å². The Hall–Kier alpha value is -3.35. The normalized spacial score (nSPS) is 15.2. The molecule has 0 saturated carbocycles. The number of pyridine rings is 1. The van der Waals surface area contributed by atoms with Gasteiger partial charge in [-0.05, 0) is 31.0 Å². The lowest BCUT2D eigenvalue weighted by Gasteiger charge is -2.31. The third kappa shape index (κ3) is 5.17. The average Bonchev–Trinajstić information content (AvgIpc) is 2.81. The van der Waals surface area contributed by atoms with E-state index >= 15 is 0 Å². The van der Waals surface area contributed by atoms with Crippen molar-refractivity contribution in [2.24, 2.45) is 5.92 Å². The molecule has 2 aromatic rings. The maximum atomic E-state index is 13.1. The van der Waals surface area contributed by atoms with Crippen molar-refractivity contribution < 1.29 is 19.1 Å². The summed E-state index contributed by atoms with van der Waals surface area (Å²) in [4.78, 5) is 31.1. The maximum absolute atomic E-state index is 13.1. The lowest BCUT2D eigenvalue weighted by molar-refractivity contribution is -0.126. The van der Waals surface area contributed by atoms with Gasteiger partial charge in [0, 0.05) is 30.8 Å². The highest BCUT2D eigenvalue weighted by atomic mass is 16.6. The highest BCUT2D eigenvalue weighted by Gasteiger charge is 2.30. The number of methoxy groups -OCH3 is 1. The zero-order valence-electron chi connectivity index (χ0n) is 17.1. The summed E-state index contributed by atoms with van der Waals surface area (Å²) < 4.78 is 10.6. The van der Waals surface area contributed by atoms with Crippen LogP contribution in [0.25, 0.3) is 0 Å². The van der Waals surface area contributed by atoms with Crippen LogP contribution in [-0.4, -0.2) is 48.7 Å². The fraction of sp³-hybridized carbons (Fsp3) is 0.348. The van der Waals surface area contributed by atoms with E-state index in [-0.39, 0.29) is 24.5 Å². The molecule has 1 saturated heterocycles. The molecule has 0 radical (unpaired) electrons. The molecule has 1 fully saturated rings. The largest absolute Gasteiger partial charge is 0.496 e. The average molecular weight is 409 g/mol. The first-order chi connectivity index (χ1) is 14.6. The van der Waals surface area contributed by atoms with Crippen molar-refractivity contribution in [3.63, 3.8) is 0 Å². The van der Waals surface area contributed by atoms with Crippen molar-refractivity contribution in [2.75, 3.05) is 26.8 Å². The van der Waals surface area contributed by atoms with Gasteiger partial charge in [0.1, 0.15) is 12.4 Å². The van der Waals surface area contributed by atoms with Crippen LogP contribution in [0.1, 0.15) is 30.1 Å². The molecule has 7 nitrogen and oxygen atoms in total. The summed E-state index contributed by atoms with van der Waals surface area (Å²) in [6.45, 7) is 4.69. The van der Waals surface area contributed by atoms with Crippen molar-refractivity contribution >= 4 is 12.0 Å². The van der Waals surface area contributed by atoms with Crippen LogP contribution in [0.15, 0.2) is 61.3 Å². The van der Waals surface area contributed by atoms with Crippen LogP contribution in [0.2, 0.25) is 0 Å². The minimum absolute atomic E-state index is 0.0596. The van der Waals surface area contributed by atoms with Crippen LogP contribution in [0, 0.1) is 5.92 Å². The highest BCUT2D eigenvalue weighted by molar-refractivity contribution is 5.80. The summed E-state index contributed by atoms with van der Waals surface area (Å²) in [5.74, 6) is 0.443. The molecule has 3 rings (SSSR count). The molecule has 2 heterocycles. The number of piperidine rings is 1. The number of nitrogens with one attached hydrogen (secondary N) is 1. The Balaban J connectivity index is 1.70. The van der Waals surface area contributed by atoms with Crippen LogP contribution in [0.3, 0.4) is 0 Å². The second-order valence-electron chi connectivity index (χ2n) is 7.07. The van der Waals surface area contributed by atoms with Crippen LogP contribution in [0.4, 0.5) is 4.79 Å². The smallest absolute Gasteiger partial charge is 0.410 e. The fourth-order valence-corrected chi connectivity index (χ4v) is 3.57. The maximum Gasteiger partial charge on any atom is 0.410 e. The van der Waals surface area contributed by atoms with Gasteiger partial charge in [-0.3, -0.25) is 9.78 Å². The molecule has 158 valence electrons. The second kappa shape index (κ2) is 10.4. The molecule has 1 aliphatic heterocycles. The quantitative estimate of drug-likeness (QED) is 0.710. The van der Waals surface area contributed by atoms with E-state index in [2.05, 4.69) is 16.9 Å². The summed E-state index contributed by atoms with van der Waals surface area (Å²) >= 11 is 0. The molecule has 1 aromatic heterocycles. The number of nitrogens with zero attached hydrogens (tertiary/aromatic N) is 2. The topological polar surface area (TPSA) is 80.8 Å². The Kier molecular flexibility index (Phi) is 7.43. The minimum atomic E-state index is -0.426. The highest BCUT2D eigenvalue weighted by Crippen LogP contribution is 2.30. The number of ether oxygens (including phenoxy) is 2. The van der Waals surface area contributed by atoms with Crippen molar-refractivity contribution in [2.45, 2.75) is 18.9 Å². The summed E-state index contributed by atoms with van der Waals surface area (Å²) in [6.07, 6.45) is 4.03. The second-order valence-corrected chi connectivity index (χ2v) is 7.07. The van der Waals surface area contributed by atoms with Gasteiger partial charge in [-0.1, -0.05) is 36.9 Å². The van der Waals surface area contributed by atoms with Gasteiger partial charge in [-0.2, -0.15) is 0 Å². The first kappa shape index (κ1) is 21.4. The number of hydrogen-bond acceptors (Lipinski definition) is 5. The van der Waals surface area contributed by atoms with E-state index in [1.54, 1.807) is 18.2 Å². The molecule has 0 spiro atoms. The van der Waals surface area contributed by atoms with Gasteiger partial charge in [-0.15, -0.1) is 0 Å². The van der Waals surface area contributed by atoms with Gasteiger partial charge in [0.2, 0.25) is 5.91 Å². The Labute approximate surface area is 176 Å². The van der Waals surface area contributed by atoms with Crippen LogP contribution in [0.5, 0.6) is 5.75 Å². The third-order valence-electron chi connectivity index (χ3n) is 5.17. The first-order valence-corrected chi connectivity index (χ1v) is 10.0. The summed E-state index contributed by atoms with van der Waals surface area (Å²) in [5, 5.41) is 3.14. The number of para-hydroxylation sites is 1. The van der Waals surface area contributed by atoms with Gasteiger partial charge in [0.05, 0.1) is 18.8 Å². The Morgan fingerprint density at radius 2 is 1.97 bits per heavy atom. The first-order valence-electron chi connectivity index (χ1n) is 10.0. The lowest BCUT2D eigenvalue weighted by Crippen LogP contribution is -2.44. The van der Waals surface area contributed by atoms with Crippen LogP contribution in [-0.2, 0) is 9.53 Å². The zero-order chi connectivity index (χ0) is 21.3. The monoisotopic (exact) mass is 409 g/mol. The molecule has 1 unspecified atom stereocenters. The summed E-state index contributed by atoms with van der Waals surface area (Å²) in [6, 6.07) is 12.8. The number of aromatic nitrogens is 1. The van der Waals surface area contributed by atoms with E-state index in [0.29, 0.717) is 31.7 Å². The van der Waals surface area contributed by atoms with E-state index in [4.69, 9.17) is 9.47 Å². The Morgan fingerprint density at radius 3 is 2.63 bits per heavy atom. The molecular weight excluding hydrogens is 382 g/mol. The van der Waals surface area contributed by atoms with E-state index in [9.17, 15) is 9.59 Å². The van der Waals surface area contributed by atoms with Crippen molar-refractivity contribution in [3.8, 4) is 5.75 Å². The Morgan fingerprint density at radius 1 is 1.23 bits per heavy atom. The zero-order valence-corrected chi connectivity index (χ0v) is 17.1. The van der Waals surface area contributed by atoms with Crippen molar-refractivity contribution in [3.05, 3.63) is 72.6 Å². The fourth-order valence-electron chi connectivity index (χ4n) is 3.57. The molecule has 7 heteroatoms. The van der Waals surface area contributed by atoms with E-state index in [1.807, 2.05) is 42.5 Å². The van der Waals surface area contributed by atoms with Gasteiger partial charge in [0.15, 0.2) is 0 Å². The molecular formula is C23H27N3O4. The number of benzene rings is 1. The molecule has 30 heavy (non-hydrogen) atoms. The van der Waals surface area contributed by atoms with Crippen molar-refractivity contribution in [1.82, 2.24) is 15.2 Å². The number of hydrogen-bond donors (Lipinski definition) is 1. The molecule has 2 amide bonds. The predicted octanol–water partition coefficient (Wildman–Crippen LogP) is 3.33. The third-order valence-corrected chi connectivity index (χ3v) is 5.17. The number of carbonyl (C=O) groups excluding carboxylic acids is 2. The van der Waals surface area contributed by atoms with Gasteiger partial charge in [0.25, 0.3) is 0 Å². The van der Waals surface area contributed by atoms with Crippen LogP contribution >= 0.6 is 0 Å². The Bertz CT molecular complexity index is 864. The van der Waals surface area contributed by atoms with E-state index < -0.39 is 6.04 Å². The molecule has 1 aromatic carbocycles. The standard InChI is InChI=1S/C23H27N3O4/c1-3-16-30-23(28)26-14-11-17(12-15-26)22(27)25-21(19-9-6-7-13-24-19)18-8-4-5-10-20(18)29-2/h3-10,13,17,21H,1,11-12,14-16H2,2H3,(H,25,27). The molecule has 0 aliphatic carbocycles. The molecule has 1 N–H and O–H groups in total. The number of carbonyl (C=O) groups is 2. The van der Waals surface area contributed by atoms with E-state index in [1.165, 1.54) is 6.08 Å². The van der Waals surface area contributed by atoms with E-state index in [0.717, 1.165) is 11.3 Å². The van der Waals surface area contributed by atoms with Gasteiger partial charge < -0.3 is 19.7 Å². The minimum Gasteiger partial charge on any atom is -0.496 e. The summed E-state index contributed by atoms with van der Waals surface area (Å²) in [5.41, 5.74) is 1.58. The van der Waals surface area contributed by atoms with Crippen molar-refractivity contribution in [1.29, 1.82) is 0 Å². The lowest BCUT2D eigenvalue weighted by atomic mass is 9.94. The SMILES string of the molecule is C=CCOC(=O)N1CCC(C(=O)NC(c2ccccn2)c2ccccc2OC)CC1. The summed E-state index contributed by atoms with van der Waals surface area (Å²) in [7, 11) is 1.61.